The molecule has 1 amide bonds. The van der Waals surface area contributed by atoms with E-state index in [0.717, 1.165) is 17.3 Å². The van der Waals surface area contributed by atoms with E-state index in [-0.39, 0.29) is 12.5 Å². The van der Waals surface area contributed by atoms with Crippen molar-refractivity contribution in [3.05, 3.63) is 36.0 Å². The number of carbonyl (C=O) groups is 1. The molecule has 1 aromatic carbocycles. The number of aromatic amines is 1. The Morgan fingerprint density at radius 1 is 1.33 bits per heavy atom. The lowest BCUT2D eigenvalue weighted by molar-refractivity contribution is 0.0722. The van der Waals surface area contributed by atoms with Crippen LogP contribution in [0.2, 0.25) is 0 Å². The van der Waals surface area contributed by atoms with E-state index in [9.17, 15) is 4.79 Å². The SMILES string of the molecule is CCCN(CCO)C(=O)c1ccc2cc[nH]c2c1. The van der Waals surface area contributed by atoms with E-state index in [2.05, 4.69) is 4.98 Å². The molecule has 0 saturated heterocycles. The van der Waals surface area contributed by atoms with Gasteiger partial charge in [0.1, 0.15) is 0 Å². The molecule has 0 atom stereocenters. The Hall–Kier alpha value is -1.81. The number of nitrogens with one attached hydrogen (secondary N) is 1. The maximum Gasteiger partial charge on any atom is 0.254 e. The monoisotopic (exact) mass is 246 g/mol. The van der Waals surface area contributed by atoms with Crippen molar-refractivity contribution in [2.24, 2.45) is 0 Å². The number of hydrogen-bond acceptors (Lipinski definition) is 2. The van der Waals surface area contributed by atoms with Crippen LogP contribution in [0.5, 0.6) is 0 Å². The van der Waals surface area contributed by atoms with Crippen molar-refractivity contribution in [1.29, 1.82) is 0 Å². The van der Waals surface area contributed by atoms with Crippen LogP contribution in [0.3, 0.4) is 0 Å². The van der Waals surface area contributed by atoms with Crippen molar-refractivity contribution < 1.29 is 9.90 Å². The molecule has 0 aliphatic rings. The quantitative estimate of drug-likeness (QED) is 0.848. The van der Waals surface area contributed by atoms with Crippen LogP contribution in [0.15, 0.2) is 30.5 Å². The van der Waals surface area contributed by atoms with Crippen molar-refractivity contribution >= 4 is 16.8 Å². The summed E-state index contributed by atoms with van der Waals surface area (Å²) >= 11 is 0. The number of rotatable bonds is 5. The van der Waals surface area contributed by atoms with Crippen LogP contribution in [0.1, 0.15) is 23.7 Å². The van der Waals surface area contributed by atoms with Gasteiger partial charge in [-0.2, -0.15) is 0 Å². The summed E-state index contributed by atoms with van der Waals surface area (Å²) < 4.78 is 0. The molecule has 1 aromatic heterocycles. The van der Waals surface area contributed by atoms with Crippen LogP contribution < -0.4 is 0 Å². The molecule has 1 heterocycles. The third-order valence-electron chi connectivity index (χ3n) is 2.95. The molecule has 2 rings (SSSR count). The summed E-state index contributed by atoms with van der Waals surface area (Å²) in [5.74, 6) is -0.0256. The minimum atomic E-state index is -0.0256. The molecule has 0 bridgehead atoms. The van der Waals surface area contributed by atoms with Crippen LogP contribution in [-0.4, -0.2) is 40.6 Å². The Labute approximate surface area is 106 Å². The second-order valence-corrected chi connectivity index (χ2v) is 4.30. The van der Waals surface area contributed by atoms with Crippen LogP contribution in [0, 0.1) is 0 Å². The molecule has 2 N–H and O–H groups in total. The summed E-state index contributed by atoms with van der Waals surface area (Å²) in [5, 5.41) is 10.1. The number of nitrogens with zero attached hydrogens (tertiary/aromatic N) is 1. The molecular weight excluding hydrogens is 228 g/mol. The zero-order valence-electron chi connectivity index (χ0n) is 10.5. The second kappa shape index (κ2) is 5.69. The molecule has 96 valence electrons. The lowest BCUT2D eigenvalue weighted by atomic mass is 10.1. The first kappa shape index (κ1) is 12.6. The maximum atomic E-state index is 12.3. The molecule has 0 aliphatic carbocycles. The number of aromatic nitrogens is 1. The van der Waals surface area contributed by atoms with E-state index in [0.29, 0.717) is 18.7 Å². The molecule has 4 heteroatoms. The van der Waals surface area contributed by atoms with Crippen molar-refractivity contribution in [3.63, 3.8) is 0 Å². The molecule has 0 aliphatic heterocycles. The molecule has 0 radical (unpaired) electrons. The summed E-state index contributed by atoms with van der Waals surface area (Å²) in [7, 11) is 0. The normalized spacial score (nSPS) is 10.8. The van der Waals surface area contributed by atoms with Crippen LogP contribution >= 0.6 is 0 Å². The molecule has 0 unspecified atom stereocenters. The standard InChI is InChI=1S/C14H18N2O2/c1-2-7-16(8-9-17)14(18)12-4-3-11-5-6-15-13(11)10-12/h3-6,10,15,17H,2,7-9H2,1H3. The molecule has 0 spiro atoms. The molecule has 18 heavy (non-hydrogen) atoms. The Balaban J connectivity index is 2.24. The van der Waals surface area contributed by atoms with Crippen molar-refractivity contribution in [2.45, 2.75) is 13.3 Å². The summed E-state index contributed by atoms with van der Waals surface area (Å²) in [6.45, 7) is 3.07. The minimum Gasteiger partial charge on any atom is -0.395 e. The smallest absolute Gasteiger partial charge is 0.254 e. The van der Waals surface area contributed by atoms with E-state index in [1.165, 1.54) is 0 Å². The van der Waals surface area contributed by atoms with E-state index in [1.807, 2.05) is 37.4 Å². The number of fused-ring (bicyclic) bond motifs is 1. The average molecular weight is 246 g/mol. The van der Waals surface area contributed by atoms with Gasteiger partial charge in [-0.3, -0.25) is 4.79 Å². The predicted molar refractivity (Wildman–Crippen MR) is 71.6 cm³/mol. The van der Waals surface area contributed by atoms with Gasteiger partial charge in [-0.05, 0) is 30.0 Å². The Kier molecular flexibility index (Phi) is 3.99. The molecule has 0 saturated carbocycles. The first-order chi connectivity index (χ1) is 8.76. The van der Waals surface area contributed by atoms with Gasteiger partial charge in [0.25, 0.3) is 5.91 Å². The number of aliphatic hydroxyl groups is 1. The number of H-pyrrole nitrogens is 1. The maximum absolute atomic E-state index is 12.3. The topological polar surface area (TPSA) is 56.3 Å². The van der Waals surface area contributed by atoms with Gasteiger partial charge >= 0.3 is 0 Å². The summed E-state index contributed by atoms with van der Waals surface area (Å²) in [4.78, 5) is 17.1. The van der Waals surface area contributed by atoms with E-state index < -0.39 is 0 Å². The minimum absolute atomic E-state index is 0.00349. The predicted octanol–water partition coefficient (Wildman–Crippen LogP) is 2.01. The summed E-state index contributed by atoms with van der Waals surface area (Å²) in [6.07, 6.45) is 2.74. The Morgan fingerprint density at radius 3 is 2.89 bits per heavy atom. The van der Waals surface area contributed by atoms with Crippen molar-refractivity contribution in [2.75, 3.05) is 19.7 Å². The first-order valence-electron chi connectivity index (χ1n) is 6.23. The fourth-order valence-corrected chi connectivity index (χ4v) is 2.07. The molecular formula is C14H18N2O2. The highest BCUT2D eigenvalue weighted by Crippen LogP contribution is 2.15. The number of benzene rings is 1. The van der Waals surface area contributed by atoms with Gasteiger partial charge in [-0.15, -0.1) is 0 Å². The summed E-state index contributed by atoms with van der Waals surface area (Å²) in [6, 6.07) is 7.60. The molecule has 4 nitrogen and oxygen atoms in total. The highest BCUT2D eigenvalue weighted by molar-refractivity contribution is 5.97. The molecule has 2 aromatic rings. The fraction of sp³-hybridized carbons (Fsp3) is 0.357. The van der Waals surface area contributed by atoms with Gasteiger partial charge < -0.3 is 15.0 Å². The average Bonchev–Trinajstić information content (AvgIpc) is 2.84. The Morgan fingerprint density at radius 2 is 2.17 bits per heavy atom. The number of hydrogen-bond donors (Lipinski definition) is 2. The number of carbonyl (C=O) groups excluding carboxylic acids is 1. The zero-order chi connectivity index (χ0) is 13.0. The van der Waals surface area contributed by atoms with Gasteiger partial charge in [0, 0.05) is 30.4 Å². The van der Waals surface area contributed by atoms with Gasteiger partial charge in [0.2, 0.25) is 0 Å². The van der Waals surface area contributed by atoms with Crippen LogP contribution in [0.4, 0.5) is 0 Å². The lowest BCUT2D eigenvalue weighted by Crippen LogP contribution is -2.34. The largest absolute Gasteiger partial charge is 0.395 e. The van der Waals surface area contributed by atoms with E-state index >= 15 is 0 Å². The highest BCUT2D eigenvalue weighted by atomic mass is 16.3. The van der Waals surface area contributed by atoms with Crippen molar-refractivity contribution in [3.8, 4) is 0 Å². The first-order valence-corrected chi connectivity index (χ1v) is 6.23. The van der Waals surface area contributed by atoms with Crippen molar-refractivity contribution in [1.82, 2.24) is 9.88 Å². The summed E-state index contributed by atoms with van der Waals surface area (Å²) in [5.41, 5.74) is 1.62. The highest BCUT2D eigenvalue weighted by Gasteiger charge is 2.14. The van der Waals surface area contributed by atoms with Crippen LogP contribution in [-0.2, 0) is 0 Å². The number of amides is 1. The number of aliphatic hydroxyl groups excluding tert-OH is 1. The van der Waals surface area contributed by atoms with Gasteiger partial charge in [-0.25, -0.2) is 0 Å². The lowest BCUT2D eigenvalue weighted by Gasteiger charge is -2.21. The van der Waals surface area contributed by atoms with Gasteiger partial charge in [0.05, 0.1) is 6.61 Å². The third-order valence-corrected chi connectivity index (χ3v) is 2.95. The van der Waals surface area contributed by atoms with E-state index in [4.69, 9.17) is 5.11 Å². The van der Waals surface area contributed by atoms with Gasteiger partial charge in [-0.1, -0.05) is 13.0 Å². The molecule has 0 fully saturated rings. The van der Waals surface area contributed by atoms with Crippen LogP contribution in [0.25, 0.3) is 10.9 Å². The Bertz CT molecular complexity index is 527. The van der Waals surface area contributed by atoms with E-state index in [1.54, 1.807) is 4.90 Å². The second-order valence-electron chi connectivity index (χ2n) is 4.30. The van der Waals surface area contributed by atoms with Gasteiger partial charge in [0.15, 0.2) is 0 Å². The third kappa shape index (κ3) is 2.54. The fourth-order valence-electron chi connectivity index (χ4n) is 2.07. The zero-order valence-corrected chi connectivity index (χ0v) is 10.5.